The summed E-state index contributed by atoms with van der Waals surface area (Å²) in [6.45, 7) is 3.17. The Labute approximate surface area is 80.7 Å². The van der Waals surface area contributed by atoms with Gasteiger partial charge in [-0.2, -0.15) is 0 Å². The number of rotatable bonds is 1. The summed E-state index contributed by atoms with van der Waals surface area (Å²) >= 11 is 0. The van der Waals surface area contributed by atoms with Gasteiger partial charge >= 0.3 is 0 Å². The third-order valence-electron chi connectivity index (χ3n) is 3.83. The van der Waals surface area contributed by atoms with Crippen LogP contribution in [0.25, 0.3) is 0 Å². The Morgan fingerprint density at radius 3 is 2.69 bits per heavy atom. The zero-order chi connectivity index (χ0) is 9.31. The molecule has 0 amide bonds. The topological polar surface area (TPSA) is 32.3 Å². The maximum Gasteiger partial charge on any atom is 0.0662 e. The molecule has 13 heavy (non-hydrogen) atoms. The lowest BCUT2D eigenvalue weighted by atomic mass is 9.72. The normalized spacial score (nSPS) is 46.6. The fraction of sp³-hybridized carbons (Fsp3) is 1.00. The summed E-state index contributed by atoms with van der Waals surface area (Å²) in [7, 11) is 0. The van der Waals surface area contributed by atoms with Crippen LogP contribution in [0.1, 0.15) is 45.4 Å². The molecule has 2 rings (SSSR count). The Kier molecular flexibility index (Phi) is 2.61. The molecule has 1 aliphatic carbocycles. The highest BCUT2D eigenvalue weighted by Gasteiger charge is 2.39. The molecule has 1 heterocycles. The number of nitrogens with one attached hydrogen (secondary N) is 1. The summed E-state index contributed by atoms with van der Waals surface area (Å²) in [6.07, 6.45) is 7.27. The van der Waals surface area contributed by atoms with Crippen LogP contribution < -0.4 is 5.32 Å². The predicted octanol–water partition coefficient (Wildman–Crippen LogP) is 1.68. The molecule has 2 N–H and O–H groups in total. The largest absolute Gasteiger partial charge is 0.390 e. The summed E-state index contributed by atoms with van der Waals surface area (Å²) in [5, 5.41) is 13.8. The van der Waals surface area contributed by atoms with Gasteiger partial charge < -0.3 is 10.4 Å². The summed E-state index contributed by atoms with van der Waals surface area (Å²) in [6, 6.07) is 0.593. The molecule has 76 valence electrons. The van der Waals surface area contributed by atoms with Gasteiger partial charge in [-0.05, 0) is 39.2 Å². The molecule has 0 aromatic rings. The van der Waals surface area contributed by atoms with Crippen molar-refractivity contribution in [1.29, 1.82) is 0 Å². The van der Waals surface area contributed by atoms with Gasteiger partial charge in [-0.25, -0.2) is 0 Å². The summed E-state index contributed by atoms with van der Waals surface area (Å²) < 4.78 is 0. The predicted molar refractivity (Wildman–Crippen MR) is 53.6 cm³/mol. The molecule has 0 aromatic carbocycles. The van der Waals surface area contributed by atoms with Gasteiger partial charge in [0, 0.05) is 12.0 Å². The van der Waals surface area contributed by atoms with Gasteiger partial charge in [0.2, 0.25) is 0 Å². The van der Waals surface area contributed by atoms with Crippen molar-refractivity contribution in [3.63, 3.8) is 0 Å². The summed E-state index contributed by atoms with van der Waals surface area (Å²) in [4.78, 5) is 0. The van der Waals surface area contributed by atoms with Crippen LogP contribution in [-0.4, -0.2) is 23.3 Å². The SMILES string of the molecule is C[C@@]1(O)CCCC[C@H]1C1CCCN1. The molecular weight excluding hydrogens is 162 g/mol. The quantitative estimate of drug-likeness (QED) is 0.648. The molecule has 0 radical (unpaired) electrons. The van der Waals surface area contributed by atoms with Crippen LogP contribution in [0.15, 0.2) is 0 Å². The van der Waals surface area contributed by atoms with E-state index in [2.05, 4.69) is 5.32 Å². The first-order valence-corrected chi connectivity index (χ1v) is 5.66. The summed E-state index contributed by atoms with van der Waals surface area (Å²) in [5.74, 6) is 0.503. The van der Waals surface area contributed by atoms with Crippen molar-refractivity contribution in [2.75, 3.05) is 6.54 Å². The van der Waals surface area contributed by atoms with Gasteiger partial charge in [0.25, 0.3) is 0 Å². The van der Waals surface area contributed by atoms with Crippen molar-refractivity contribution in [3.8, 4) is 0 Å². The van der Waals surface area contributed by atoms with Crippen LogP contribution in [-0.2, 0) is 0 Å². The molecule has 1 saturated heterocycles. The van der Waals surface area contributed by atoms with E-state index in [0.717, 1.165) is 13.0 Å². The lowest BCUT2D eigenvalue weighted by Gasteiger charge is -2.40. The number of hydrogen-bond donors (Lipinski definition) is 2. The lowest BCUT2D eigenvalue weighted by molar-refractivity contribution is -0.0442. The van der Waals surface area contributed by atoms with E-state index in [4.69, 9.17) is 0 Å². The van der Waals surface area contributed by atoms with E-state index >= 15 is 0 Å². The monoisotopic (exact) mass is 183 g/mol. The van der Waals surface area contributed by atoms with E-state index in [1.54, 1.807) is 0 Å². The van der Waals surface area contributed by atoms with E-state index in [-0.39, 0.29) is 0 Å². The van der Waals surface area contributed by atoms with Crippen LogP contribution >= 0.6 is 0 Å². The second-order valence-corrected chi connectivity index (χ2v) is 4.91. The fourth-order valence-corrected chi connectivity index (χ4v) is 3.03. The van der Waals surface area contributed by atoms with Crippen LogP contribution in [0.3, 0.4) is 0 Å². The Morgan fingerprint density at radius 1 is 1.23 bits per heavy atom. The van der Waals surface area contributed by atoms with Gasteiger partial charge in [-0.3, -0.25) is 0 Å². The zero-order valence-corrected chi connectivity index (χ0v) is 8.55. The van der Waals surface area contributed by atoms with Gasteiger partial charge in [-0.15, -0.1) is 0 Å². The molecule has 3 atom stereocenters. The minimum atomic E-state index is -0.403. The van der Waals surface area contributed by atoms with Crippen molar-refractivity contribution in [2.24, 2.45) is 5.92 Å². The smallest absolute Gasteiger partial charge is 0.0662 e. The molecule has 0 spiro atoms. The van der Waals surface area contributed by atoms with Gasteiger partial charge in [0.05, 0.1) is 5.60 Å². The number of hydrogen-bond acceptors (Lipinski definition) is 2. The van der Waals surface area contributed by atoms with Crippen molar-refractivity contribution in [1.82, 2.24) is 5.32 Å². The molecular formula is C11H21NO. The number of aliphatic hydroxyl groups is 1. The molecule has 2 aliphatic rings. The van der Waals surface area contributed by atoms with Crippen molar-refractivity contribution < 1.29 is 5.11 Å². The third-order valence-corrected chi connectivity index (χ3v) is 3.83. The van der Waals surface area contributed by atoms with E-state index in [1.165, 1.54) is 32.1 Å². The first-order chi connectivity index (χ1) is 6.20. The van der Waals surface area contributed by atoms with Gasteiger partial charge in [-0.1, -0.05) is 12.8 Å². The molecule has 0 bridgehead atoms. The molecule has 2 nitrogen and oxygen atoms in total. The highest BCUT2D eigenvalue weighted by molar-refractivity contribution is 4.94. The summed E-state index contributed by atoms with van der Waals surface area (Å²) in [5.41, 5.74) is -0.403. The van der Waals surface area contributed by atoms with Crippen LogP contribution in [0.2, 0.25) is 0 Å². The molecule has 2 heteroatoms. The van der Waals surface area contributed by atoms with Crippen molar-refractivity contribution in [2.45, 2.75) is 57.1 Å². The van der Waals surface area contributed by atoms with Crippen molar-refractivity contribution in [3.05, 3.63) is 0 Å². The minimum Gasteiger partial charge on any atom is -0.390 e. The third kappa shape index (κ3) is 1.89. The maximum atomic E-state index is 10.3. The van der Waals surface area contributed by atoms with E-state index in [9.17, 15) is 5.11 Å². The van der Waals surface area contributed by atoms with Gasteiger partial charge in [0.15, 0.2) is 0 Å². The molecule has 1 saturated carbocycles. The Bertz CT molecular complexity index is 173. The molecule has 2 fully saturated rings. The van der Waals surface area contributed by atoms with E-state index in [1.807, 2.05) is 6.92 Å². The van der Waals surface area contributed by atoms with Gasteiger partial charge in [0.1, 0.15) is 0 Å². The van der Waals surface area contributed by atoms with E-state index < -0.39 is 5.60 Å². The average molecular weight is 183 g/mol. The Morgan fingerprint density at radius 2 is 2.08 bits per heavy atom. The van der Waals surface area contributed by atoms with E-state index in [0.29, 0.717) is 12.0 Å². The Hall–Kier alpha value is -0.0800. The maximum absolute atomic E-state index is 10.3. The highest BCUT2D eigenvalue weighted by Crippen LogP contribution is 2.37. The van der Waals surface area contributed by atoms with Crippen LogP contribution in [0.5, 0.6) is 0 Å². The lowest BCUT2D eigenvalue weighted by Crippen LogP contribution is -2.47. The second kappa shape index (κ2) is 3.58. The molecule has 1 unspecified atom stereocenters. The standard InChI is InChI=1S/C11H21NO/c1-11(13)7-3-2-5-9(11)10-6-4-8-12-10/h9-10,12-13H,2-8H2,1H3/t9-,10?,11+/m0/s1. The minimum absolute atomic E-state index is 0.403. The first kappa shape index (κ1) is 9.47. The first-order valence-electron chi connectivity index (χ1n) is 5.66. The second-order valence-electron chi connectivity index (χ2n) is 4.91. The molecule has 0 aromatic heterocycles. The van der Waals surface area contributed by atoms with Crippen LogP contribution in [0.4, 0.5) is 0 Å². The highest BCUT2D eigenvalue weighted by atomic mass is 16.3. The Balaban J connectivity index is 2.02. The van der Waals surface area contributed by atoms with Crippen LogP contribution in [0, 0.1) is 5.92 Å². The fourth-order valence-electron chi connectivity index (χ4n) is 3.03. The molecule has 1 aliphatic heterocycles. The zero-order valence-electron chi connectivity index (χ0n) is 8.55. The average Bonchev–Trinajstić information content (AvgIpc) is 2.55. The van der Waals surface area contributed by atoms with Crippen molar-refractivity contribution >= 4 is 0 Å².